The molecule has 0 heterocycles. The summed E-state index contributed by atoms with van der Waals surface area (Å²) < 4.78 is 0. The lowest BCUT2D eigenvalue weighted by Gasteiger charge is -2.26. The van der Waals surface area contributed by atoms with Gasteiger partial charge in [0.1, 0.15) is 0 Å². The van der Waals surface area contributed by atoms with Crippen LogP contribution in [0, 0.1) is 6.92 Å². The number of aliphatic hydroxyl groups is 1. The van der Waals surface area contributed by atoms with E-state index in [0.29, 0.717) is 19.6 Å². The minimum Gasteiger partial charge on any atom is -0.395 e. The van der Waals surface area contributed by atoms with Gasteiger partial charge in [-0.1, -0.05) is 42.5 Å². The zero-order chi connectivity index (χ0) is 18.8. The summed E-state index contributed by atoms with van der Waals surface area (Å²) in [5.41, 5.74) is 3.44. The molecule has 26 heavy (non-hydrogen) atoms. The Labute approximate surface area is 156 Å². The van der Waals surface area contributed by atoms with E-state index in [2.05, 4.69) is 48.3 Å². The van der Waals surface area contributed by atoms with Gasteiger partial charge in [0.15, 0.2) is 0 Å². The molecule has 0 unspecified atom stereocenters. The highest BCUT2D eigenvalue weighted by molar-refractivity contribution is 5.74. The van der Waals surface area contributed by atoms with Crippen molar-refractivity contribution in [2.24, 2.45) is 0 Å². The predicted molar refractivity (Wildman–Crippen MR) is 106 cm³/mol. The highest BCUT2D eigenvalue weighted by Crippen LogP contribution is 2.15. The number of nitrogens with one attached hydrogen (secondary N) is 1. The molecule has 0 radical (unpaired) electrons. The molecule has 2 rings (SSSR count). The Morgan fingerprint density at radius 2 is 1.85 bits per heavy atom. The van der Waals surface area contributed by atoms with Crippen molar-refractivity contribution >= 4 is 11.7 Å². The number of aryl methyl sites for hydroxylation is 1. The van der Waals surface area contributed by atoms with Crippen molar-refractivity contribution in [3.63, 3.8) is 0 Å². The van der Waals surface area contributed by atoms with Crippen LogP contribution in [-0.4, -0.2) is 48.8 Å². The van der Waals surface area contributed by atoms with E-state index >= 15 is 0 Å². The second kappa shape index (κ2) is 10.5. The van der Waals surface area contributed by atoms with Crippen LogP contribution in [0.2, 0.25) is 0 Å². The van der Waals surface area contributed by atoms with E-state index in [1.54, 1.807) is 4.90 Å². The Morgan fingerprint density at radius 1 is 1.08 bits per heavy atom. The Bertz CT molecular complexity index is 676. The van der Waals surface area contributed by atoms with Gasteiger partial charge in [-0.25, -0.2) is 4.79 Å². The number of nitrogens with zero attached hydrogens (tertiary/aromatic N) is 2. The Kier molecular flexibility index (Phi) is 7.96. The molecule has 0 bridgehead atoms. The highest BCUT2D eigenvalue weighted by Gasteiger charge is 2.13. The van der Waals surface area contributed by atoms with Gasteiger partial charge in [-0.05, 0) is 37.1 Å². The summed E-state index contributed by atoms with van der Waals surface area (Å²) in [6.07, 6.45) is 0. The molecular weight excluding hydrogens is 326 g/mol. The third-order valence-corrected chi connectivity index (χ3v) is 4.28. The topological polar surface area (TPSA) is 55.8 Å². The highest BCUT2D eigenvalue weighted by atomic mass is 16.3. The maximum atomic E-state index is 12.5. The van der Waals surface area contributed by atoms with Crippen molar-refractivity contribution < 1.29 is 9.90 Å². The summed E-state index contributed by atoms with van der Waals surface area (Å²) >= 11 is 0. The van der Waals surface area contributed by atoms with Gasteiger partial charge in [-0.2, -0.15) is 0 Å². The fourth-order valence-electron chi connectivity index (χ4n) is 2.88. The largest absolute Gasteiger partial charge is 0.395 e. The number of aliphatic hydroxyl groups excluding tert-OH is 1. The van der Waals surface area contributed by atoms with E-state index < -0.39 is 0 Å². The molecule has 0 atom stereocenters. The molecule has 0 saturated carbocycles. The first-order valence-electron chi connectivity index (χ1n) is 9.13. The van der Waals surface area contributed by atoms with Gasteiger partial charge in [0.2, 0.25) is 0 Å². The summed E-state index contributed by atoms with van der Waals surface area (Å²) in [4.78, 5) is 16.4. The minimum absolute atomic E-state index is 0.0510. The number of hydrogen-bond donors (Lipinski definition) is 2. The van der Waals surface area contributed by atoms with E-state index in [-0.39, 0.29) is 12.6 Å². The normalized spacial score (nSPS) is 10.4. The van der Waals surface area contributed by atoms with Crippen LogP contribution in [0.3, 0.4) is 0 Å². The summed E-state index contributed by atoms with van der Waals surface area (Å²) in [6.45, 7) is 7.11. The first-order chi connectivity index (χ1) is 12.6. The lowest BCUT2D eigenvalue weighted by molar-refractivity contribution is 0.174. The smallest absolute Gasteiger partial charge is 0.317 e. The van der Waals surface area contributed by atoms with Gasteiger partial charge in [0.05, 0.1) is 6.61 Å². The first-order valence-corrected chi connectivity index (χ1v) is 9.13. The molecule has 0 fully saturated rings. The van der Waals surface area contributed by atoms with E-state index in [1.165, 1.54) is 11.3 Å². The number of rotatable bonds is 9. The maximum Gasteiger partial charge on any atom is 0.317 e. The van der Waals surface area contributed by atoms with Crippen molar-refractivity contribution in [1.82, 2.24) is 10.2 Å². The van der Waals surface area contributed by atoms with Crippen LogP contribution in [-0.2, 0) is 6.54 Å². The quantitative estimate of drug-likeness (QED) is 0.727. The molecule has 0 spiro atoms. The van der Waals surface area contributed by atoms with Gasteiger partial charge >= 0.3 is 6.03 Å². The van der Waals surface area contributed by atoms with Crippen LogP contribution in [0.25, 0.3) is 0 Å². The predicted octanol–water partition coefficient (Wildman–Crippen LogP) is 3.03. The first kappa shape index (κ1) is 19.8. The molecule has 0 aromatic heterocycles. The second-order valence-corrected chi connectivity index (χ2v) is 6.28. The average Bonchev–Trinajstić information content (AvgIpc) is 2.65. The number of carbonyl (C=O) groups excluding carboxylic acids is 1. The zero-order valence-electron chi connectivity index (χ0n) is 15.7. The molecular formula is C21H29N3O2. The number of amides is 2. The Balaban J connectivity index is 1.88. The van der Waals surface area contributed by atoms with Crippen LogP contribution in [0.1, 0.15) is 18.1 Å². The number of carbonyl (C=O) groups is 1. The summed E-state index contributed by atoms with van der Waals surface area (Å²) in [6, 6.07) is 18.0. The van der Waals surface area contributed by atoms with Crippen molar-refractivity contribution in [2.75, 3.05) is 37.7 Å². The van der Waals surface area contributed by atoms with Gasteiger partial charge < -0.3 is 20.2 Å². The molecule has 0 aliphatic carbocycles. The molecule has 140 valence electrons. The lowest BCUT2D eigenvalue weighted by atomic mass is 10.2. The molecule has 5 heteroatoms. The van der Waals surface area contributed by atoms with E-state index in [1.807, 2.05) is 30.3 Å². The number of hydrogen-bond acceptors (Lipinski definition) is 3. The van der Waals surface area contributed by atoms with Crippen molar-refractivity contribution in [2.45, 2.75) is 20.4 Å². The second-order valence-electron chi connectivity index (χ2n) is 6.28. The van der Waals surface area contributed by atoms with Gasteiger partial charge in [0, 0.05) is 38.4 Å². The minimum atomic E-state index is -0.150. The monoisotopic (exact) mass is 355 g/mol. The fourth-order valence-corrected chi connectivity index (χ4v) is 2.88. The molecule has 0 aliphatic heterocycles. The summed E-state index contributed by atoms with van der Waals surface area (Å²) in [5, 5.41) is 12.2. The fraction of sp³-hybridized carbons (Fsp3) is 0.381. The number of urea groups is 1. The van der Waals surface area contributed by atoms with Crippen LogP contribution >= 0.6 is 0 Å². The zero-order valence-corrected chi connectivity index (χ0v) is 15.7. The number of anilines is 1. The average molecular weight is 355 g/mol. The summed E-state index contributed by atoms with van der Waals surface area (Å²) in [5.74, 6) is 0. The maximum absolute atomic E-state index is 12.5. The Morgan fingerprint density at radius 3 is 2.50 bits per heavy atom. The number of likely N-dealkylation sites (N-methyl/N-ethyl adjacent to an activating group) is 1. The standard InChI is InChI=1S/C21H29N3O2/c1-3-23(20-11-7-8-18(2)16-20)13-12-22-21(26)24(14-15-25)17-19-9-5-4-6-10-19/h4-11,16,25H,3,12-15,17H2,1-2H3,(H,22,26). The van der Waals surface area contributed by atoms with Crippen molar-refractivity contribution in [3.8, 4) is 0 Å². The molecule has 2 aromatic carbocycles. The SMILES string of the molecule is CCN(CCNC(=O)N(CCO)Cc1ccccc1)c1cccc(C)c1. The molecule has 2 N–H and O–H groups in total. The van der Waals surface area contributed by atoms with Crippen molar-refractivity contribution in [3.05, 3.63) is 65.7 Å². The third kappa shape index (κ3) is 6.08. The van der Waals surface area contributed by atoms with E-state index in [0.717, 1.165) is 18.7 Å². The number of benzene rings is 2. The van der Waals surface area contributed by atoms with E-state index in [9.17, 15) is 9.90 Å². The molecule has 0 aliphatic rings. The molecule has 2 aromatic rings. The van der Waals surface area contributed by atoms with Crippen LogP contribution in [0.15, 0.2) is 54.6 Å². The summed E-state index contributed by atoms with van der Waals surface area (Å²) in [7, 11) is 0. The van der Waals surface area contributed by atoms with Crippen LogP contribution in [0.5, 0.6) is 0 Å². The van der Waals surface area contributed by atoms with Crippen molar-refractivity contribution in [1.29, 1.82) is 0 Å². The third-order valence-electron chi connectivity index (χ3n) is 4.28. The lowest BCUT2D eigenvalue weighted by Crippen LogP contribution is -2.44. The molecule has 0 saturated heterocycles. The van der Waals surface area contributed by atoms with Gasteiger partial charge in [0.25, 0.3) is 0 Å². The van der Waals surface area contributed by atoms with Gasteiger partial charge in [-0.15, -0.1) is 0 Å². The van der Waals surface area contributed by atoms with Crippen LogP contribution in [0.4, 0.5) is 10.5 Å². The van der Waals surface area contributed by atoms with Gasteiger partial charge in [-0.3, -0.25) is 0 Å². The molecule has 2 amide bonds. The molecule has 5 nitrogen and oxygen atoms in total. The van der Waals surface area contributed by atoms with E-state index in [4.69, 9.17) is 0 Å². The van der Waals surface area contributed by atoms with Crippen LogP contribution < -0.4 is 10.2 Å². The Hall–Kier alpha value is -2.53.